The highest BCUT2D eigenvalue weighted by atomic mass is 32.2. The van der Waals surface area contributed by atoms with Gasteiger partial charge in [0.05, 0.1) is 11.3 Å². The number of halogens is 1. The number of hydrogen-bond acceptors (Lipinski definition) is 2. The lowest BCUT2D eigenvalue weighted by Crippen LogP contribution is -2.19. The van der Waals surface area contributed by atoms with Gasteiger partial charge in [0, 0.05) is 21.6 Å². The molecule has 0 aliphatic carbocycles. The monoisotopic (exact) mass is 272 g/mol. The molecule has 100 valence electrons. The zero-order chi connectivity index (χ0) is 13.9. The zero-order valence-corrected chi connectivity index (χ0v) is 11.5. The van der Waals surface area contributed by atoms with E-state index in [0.717, 1.165) is 6.07 Å². The number of benzene rings is 1. The van der Waals surface area contributed by atoms with Gasteiger partial charge in [-0.3, -0.25) is 4.21 Å². The fraction of sp³-hybridized carbons (Fsp3) is 0.462. The van der Waals surface area contributed by atoms with Gasteiger partial charge in [0.15, 0.2) is 0 Å². The third kappa shape index (κ3) is 3.63. The summed E-state index contributed by atoms with van der Waals surface area (Å²) in [4.78, 5) is 10.8. The predicted octanol–water partition coefficient (Wildman–Crippen LogP) is 2.82. The van der Waals surface area contributed by atoms with Crippen LogP contribution in [0.2, 0.25) is 0 Å². The van der Waals surface area contributed by atoms with E-state index in [2.05, 4.69) is 0 Å². The van der Waals surface area contributed by atoms with Crippen molar-refractivity contribution >= 4 is 16.8 Å². The molecule has 0 saturated carbocycles. The zero-order valence-electron chi connectivity index (χ0n) is 10.6. The summed E-state index contributed by atoms with van der Waals surface area (Å²) in [5, 5.41) is 8.78. The van der Waals surface area contributed by atoms with Crippen molar-refractivity contribution in [2.24, 2.45) is 5.92 Å². The molecule has 0 aliphatic heterocycles. The predicted molar refractivity (Wildman–Crippen MR) is 69.5 cm³/mol. The summed E-state index contributed by atoms with van der Waals surface area (Å²) < 4.78 is 25.5. The number of rotatable bonds is 5. The Labute approximate surface area is 108 Å². The molecule has 0 bridgehead atoms. The lowest BCUT2D eigenvalue weighted by atomic mass is 10.1. The van der Waals surface area contributed by atoms with Crippen LogP contribution in [0.25, 0.3) is 0 Å². The van der Waals surface area contributed by atoms with E-state index in [1.54, 1.807) is 0 Å². The quantitative estimate of drug-likeness (QED) is 0.896. The second kappa shape index (κ2) is 6.09. The van der Waals surface area contributed by atoms with Crippen molar-refractivity contribution in [2.45, 2.75) is 31.8 Å². The molecule has 0 aromatic heterocycles. The first-order valence-corrected chi connectivity index (χ1v) is 7.10. The molecule has 0 amide bonds. The minimum atomic E-state index is -1.21. The maximum absolute atomic E-state index is 13.5. The van der Waals surface area contributed by atoms with Crippen LogP contribution in [0.3, 0.4) is 0 Å². The fourth-order valence-electron chi connectivity index (χ4n) is 1.41. The molecule has 0 heterocycles. The molecule has 3 nitrogen and oxygen atoms in total. The third-order valence-corrected chi connectivity index (χ3v) is 4.91. The van der Waals surface area contributed by atoms with Crippen LogP contribution in [0.4, 0.5) is 4.39 Å². The normalized spacial score (nSPS) is 14.5. The molecule has 2 unspecified atom stereocenters. The maximum Gasteiger partial charge on any atom is 0.335 e. The second-order valence-electron chi connectivity index (χ2n) is 4.59. The van der Waals surface area contributed by atoms with Crippen LogP contribution in [0, 0.1) is 11.7 Å². The first kappa shape index (κ1) is 14.8. The van der Waals surface area contributed by atoms with Crippen molar-refractivity contribution in [3.8, 4) is 0 Å². The number of carbonyl (C=O) groups is 1. The van der Waals surface area contributed by atoms with Gasteiger partial charge in [-0.2, -0.15) is 0 Å². The number of carboxylic acid groups (broad SMARTS) is 1. The van der Waals surface area contributed by atoms with Crippen LogP contribution < -0.4 is 0 Å². The van der Waals surface area contributed by atoms with Crippen molar-refractivity contribution in [1.82, 2.24) is 0 Å². The first-order chi connectivity index (χ1) is 8.32. The van der Waals surface area contributed by atoms with E-state index >= 15 is 0 Å². The molecule has 18 heavy (non-hydrogen) atoms. The Kier molecular flexibility index (Phi) is 5.02. The van der Waals surface area contributed by atoms with Crippen LogP contribution in [0.5, 0.6) is 0 Å². The molecule has 1 N–H and O–H groups in total. The fourth-order valence-corrected chi connectivity index (χ4v) is 2.80. The molecule has 1 aromatic carbocycles. The van der Waals surface area contributed by atoms with Crippen LogP contribution in [0.15, 0.2) is 18.2 Å². The summed E-state index contributed by atoms with van der Waals surface area (Å²) in [5.74, 6) is -1.34. The number of aromatic carboxylic acids is 1. The topological polar surface area (TPSA) is 54.4 Å². The molecule has 0 aliphatic rings. The van der Waals surface area contributed by atoms with Crippen LogP contribution >= 0.6 is 0 Å². The average Bonchev–Trinajstić information content (AvgIpc) is 2.30. The highest BCUT2D eigenvalue weighted by Gasteiger charge is 2.18. The van der Waals surface area contributed by atoms with Crippen molar-refractivity contribution in [3.63, 3.8) is 0 Å². The molecular weight excluding hydrogens is 255 g/mol. The van der Waals surface area contributed by atoms with Gasteiger partial charge in [-0.15, -0.1) is 0 Å². The van der Waals surface area contributed by atoms with Gasteiger partial charge in [0.2, 0.25) is 0 Å². The van der Waals surface area contributed by atoms with Crippen molar-refractivity contribution in [3.05, 3.63) is 35.1 Å². The van der Waals surface area contributed by atoms with Gasteiger partial charge < -0.3 is 5.11 Å². The third-order valence-electron chi connectivity index (χ3n) is 2.94. The smallest absolute Gasteiger partial charge is 0.335 e. The van der Waals surface area contributed by atoms with E-state index < -0.39 is 22.6 Å². The van der Waals surface area contributed by atoms with Gasteiger partial charge >= 0.3 is 5.97 Å². The second-order valence-corrected chi connectivity index (χ2v) is 6.38. The Balaban J connectivity index is 2.93. The van der Waals surface area contributed by atoms with E-state index in [4.69, 9.17) is 5.11 Å². The molecule has 1 rings (SSSR count). The SMILES string of the molecule is CC(C)C(C)S(=O)Cc1cc(C(=O)O)ccc1F. The summed E-state index contributed by atoms with van der Waals surface area (Å²) in [5.41, 5.74) is 0.210. The van der Waals surface area contributed by atoms with Gasteiger partial charge in [-0.1, -0.05) is 20.8 Å². The Hall–Kier alpha value is -1.23. The maximum atomic E-state index is 13.5. The van der Waals surface area contributed by atoms with E-state index in [9.17, 15) is 13.4 Å². The highest BCUT2D eigenvalue weighted by molar-refractivity contribution is 7.84. The van der Waals surface area contributed by atoms with Crippen LogP contribution in [0.1, 0.15) is 36.7 Å². The van der Waals surface area contributed by atoms with Crippen LogP contribution in [-0.4, -0.2) is 20.5 Å². The van der Waals surface area contributed by atoms with E-state index in [1.807, 2.05) is 20.8 Å². The standard InChI is InChI=1S/C13H17FO3S/c1-8(2)9(3)18(17)7-11-6-10(13(15)16)4-5-12(11)14/h4-6,8-9H,7H2,1-3H3,(H,15,16). The Morgan fingerprint density at radius 1 is 1.39 bits per heavy atom. The minimum absolute atomic E-state index is 0.0144. The minimum Gasteiger partial charge on any atom is -0.478 e. The number of hydrogen-bond donors (Lipinski definition) is 1. The molecule has 0 fully saturated rings. The lowest BCUT2D eigenvalue weighted by Gasteiger charge is -2.15. The molecule has 0 saturated heterocycles. The molecular formula is C13H17FO3S. The molecule has 1 aromatic rings. The summed E-state index contributed by atoms with van der Waals surface area (Å²) in [7, 11) is -1.21. The van der Waals surface area contributed by atoms with Gasteiger partial charge in [0.1, 0.15) is 5.82 Å². The van der Waals surface area contributed by atoms with Gasteiger partial charge in [0.25, 0.3) is 0 Å². The van der Waals surface area contributed by atoms with Crippen LogP contribution in [-0.2, 0) is 16.6 Å². The first-order valence-electron chi connectivity index (χ1n) is 5.71. The lowest BCUT2D eigenvalue weighted by molar-refractivity contribution is 0.0696. The van der Waals surface area contributed by atoms with Crippen molar-refractivity contribution < 1.29 is 18.5 Å². The van der Waals surface area contributed by atoms with Crippen molar-refractivity contribution in [1.29, 1.82) is 0 Å². The average molecular weight is 272 g/mol. The summed E-state index contributed by atoms with van der Waals surface area (Å²) >= 11 is 0. The van der Waals surface area contributed by atoms with E-state index in [1.165, 1.54) is 12.1 Å². The Morgan fingerprint density at radius 3 is 2.50 bits per heavy atom. The summed E-state index contributed by atoms with van der Waals surface area (Å²) in [6.07, 6.45) is 0. The van der Waals surface area contributed by atoms with Crippen molar-refractivity contribution in [2.75, 3.05) is 0 Å². The largest absolute Gasteiger partial charge is 0.478 e. The molecule has 0 radical (unpaired) electrons. The van der Waals surface area contributed by atoms with E-state index in [-0.39, 0.29) is 28.0 Å². The van der Waals surface area contributed by atoms with Gasteiger partial charge in [-0.25, -0.2) is 9.18 Å². The Bertz CT molecular complexity index is 471. The molecule has 2 atom stereocenters. The highest BCUT2D eigenvalue weighted by Crippen LogP contribution is 2.17. The summed E-state index contributed by atoms with van der Waals surface area (Å²) in [6.45, 7) is 5.75. The Morgan fingerprint density at radius 2 is 2.00 bits per heavy atom. The number of carboxylic acids is 1. The van der Waals surface area contributed by atoms with E-state index in [0.29, 0.717) is 0 Å². The summed E-state index contributed by atoms with van der Waals surface area (Å²) in [6, 6.07) is 3.56. The van der Waals surface area contributed by atoms with Gasteiger partial charge in [-0.05, 0) is 24.1 Å². The molecule has 5 heteroatoms. The molecule has 0 spiro atoms.